The average molecular weight is 255 g/mol. The van der Waals surface area contributed by atoms with E-state index in [1.807, 2.05) is 49.2 Å². The molecule has 4 heteroatoms. The molecule has 0 bridgehead atoms. The van der Waals surface area contributed by atoms with E-state index in [-0.39, 0.29) is 0 Å². The van der Waals surface area contributed by atoms with E-state index in [1.54, 1.807) is 0 Å². The molecule has 0 unspecified atom stereocenters. The van der Waals surface area contributed by atoms with Crippen molar-refractivity contribution in [2.75, 3.05) is 31.7 Å². The number of fused-ring (bicyclic) bond motifs is 1. The number of nitrogens with zero attached hydrogens (tertiary/aromatic N) is 3. The third-order valence-electron chi connectivity index (χ3n) is 2.99. The summed E-state index contributed by atoms with van der Waals surface area (Å²) in [4.78, 5) is 6.58. The second-order valence-corrected chi connectivity index (χ2v) is 4.28. The smallest absolute Gasteiger partial charge is 0.130 e. The number of para-hydroxylation sites is 1. The highest BCUT2D eigenvalue weighted by atomic mass is 16.5. The SMILES string of the molecule is CCOCCN(C)c1cc(C#N)c2ccccc2n1. The Hall–Kier alpha value is -2.12. The lowest BCUT2D eigenvalue weighted by Gasteiger charge is -2.18. The molecule has 4 nitrogen and oxygen atoms in total. The van der Waals surface area contributed by atoms with Gasteiger partial charge < -0.3 is 9.64 Å². The number of nitriles is 1. The maximum absolute atomic E-state index is 9.23. The van der Waals surface area contributed by atoms with Crippen LogP contribution in [0.3, 0.4) is 0 Å². The van der Waals surface area contributed by atoms with Gasteiger partial charge in [-0.3, -0.25) is 0 Å². The Labute approximate surface area is 113 Å². The Kier molecular flexibility index (Phi) is 4.32. The molecule has 0 aliphatic heterocycles. The number of ether oxygens (including phenoxy) is 1. The lowest BCUT2D eigenvalue weighted by atomic mass is 10.1. The van der Waals surface area contributed by atoms with E-state index in [4.69, 9.17) is 4.74 Å². The Balaban J connectivity index is 2.31. The van der Waals surface area contributed by atoms with E-state index < -0.39 is 0 Å². The van der Waals surface area contributed by atoms with E-state index in [0.717, 1.165) is 23.3 Å². The normalized spacial score (nSPS) is 10.4. The maximum atomic E-state index is 9.23. The molecule has 0 saturated heterocycles. The zero-order valence-corrected chi connectivity index (χ0v) is 11.3. The first-order valence-electron chi connectivity index (χ1n) is 6.35. The van der Waals surface area contributed by atoms with Crippen LogP contribution in [0.4, 0.5) is 5.82 Å². The molecule has 1 aromatic heterocycles. The number of likely N-dealkylation sites (N-methyl/N-ethyl adjacent to an activating group) is 1. The number of pyridine rings is 1. The van der Waals surface area contributed by atoms with E-state index in [0.29, 0.717) is 18.8 Å². The number of hydrogen-bond donors (Lipinski definition) is 0. The van der Waals surface area contributed by atoms with Gasteiger partial charge in [0.05, 0.1) is 23.8 Å². The van der Waals surface area contributed by atoms with Crippen molar-refractivity contribution in [1.29, 1.82) is 5.26 Å². The first-order chi connectivity index (χ1) is 9.26. The van der Waals surface area contributed by atoms with Crippen LogP contribution in [-0.2, 0) is 4.74 Å². The van der Waals surface area contributed by atoms with Crippen LogP contribution in [0.25, 0.3) is 10.9 Å². The van der Waals surface area contributed by atoms with Crippen molar-refractivity contribution in [1.82, 2.24) is 4.98 Å². The molecule has 2 aromatic rings. The van der Waals surface area contributed by atoms with Crippen molar-refractivity contribution in [2.45, 2.75) is 6.92 Å². The molecule has 1 aromatic carbocycles. The van der Waals surface area contributed by atoms with Gasteiger partial charge in [0, 0.05) is 25.6 Å². The minimum Gasteiger partial charge on any atom is -0.380 e. The number of anilines is 1. The van der Waals surface area contributed by atoms with Crippen molar-refractivity contribution in [3.05, 3.63) is 35.9 Å². The quantitative estimate of drug-likeness (QED) is 0.770. The van der Waals surface area contributed by atoms with Crippen LogP contribution in [-0.4, -0.2) is 31.8 Å². The predicted molar refractivity (Wildman–Crippen MR) is 76.2 cm³/mol. The maximum Gasteiger partial charge on any atom is 0.130 e. The van der Waals surface area contributed by atoms with E-state index in [9.17, 15) is 5.26 Å². The minimum atomic E-state index is 0.656. The molecule has 0 fully saturated rings. The van der Waals surface area contributed by atoms with Gasteiger partial charge in [0.1, 0.15) is 5.82 Å². The third-order valence-corrected chi connectivity index (χ3v) is 2.99. The van der Waals surface area contributed by atoms with Gasteiger partial charge >= 0.3 is 0 Å². The molecule has 0 N–H and O–H groups in total. The summed E-state index contributed by atoms with van der Waals surface area (Å²) in [6, 6.07) is 11.8. The van der Waals surface area contributed by atoms with E-state index in [2.05, 4.69) is 11.1 Å². The molecule has 0 atom stereocenters. The van der Waals surface area contributed by atoms with Gasteiger partial charge in [-0.25, -0.2) is 4.98 Å². The van der Waals surface area contributed by atoms with Crippen LogP contribution >= 0.6 is 0 Å². The van der Waals surface area contributed by atoms with Gasteiger partial charge in [-0.15, -0.1) is 0 Å². The topological polar surface area (TPSA) is 49.1 Å². The summed E-state index contributed by atoms with van der Waals surface area (Å²) < 4.78 is 5.34. The van der Waals surface area contributed by atoms with E-state index >= 15 is 0 Å². The number of hydrogen-bond acceptors (Lipinski definition) is 4. The highest BCUT2D eigenvalue weighted by molar-refractivity contribution is 5.86. The molecular formula is C15H17N3O. The number of rotatable bonds is 5. The van der Waals surface area contributed by atoms with Crippen molar-refractivity contribution in [3.8, 4) is 6.07 Å². The monoisotopic (exact) mass is 255 g/mol. The minimum absolute atomic E-state index is 0.656. The number of benzene rings is 1. The van der Waals surface area contributed by atoms with E-state index in [1.165, 1.54) is 0 Å². The fourth-order valence-electron chi connectivity index (χ4n) is 1.91. The zero-order valence-electron chi connectivity index (χ0n) is 11.3. The van der Waals surface area contributed by atoms with Crippen molar-refractivity contribution in [2.24, 2.45) is 0 Å². The Morgan fingerprint density at radius 1 is 1.37 bits per heavy atom. The standard InChI is InChI=1S/C15H17N3O/c1-3-19-9-8-18(2)15-10-12(11-16)13-6-4-5-7-14(13)17-15/h4-7,10H,3,8-9H2,1-2H3. The van der Waals surface area contributed by atoms with Gasteiger partial charge in [0.15, 0.2) is 0 Å². The highest BCUT2D eigenvalue weighted by Crippen LogP contribution is 2.21. The van der Waals surface area contributed by atoms with Crippen molar-refractivity contribution in [3.63, 3.8) is 0 Å². The predicted octanol–water partition coefficient (Wildman–Crippen LogP) is 2.58. The van der Waals surface area contributed by atoms with Gasteiger partial charge in [0.2, 0.25) is 0 Å². The Morgan fingerprint density at radius 2 is 2.16 bits per heavy atom. The first kappa shape index (κ1) is 13.3. The second kappa shape index (κ2) is 6.17. The molecule has 0 aliphatic carbocycles. The molecule has 1 heterocycles. The van der Waals surface area contributed by atoms with Gasteiger partial charge in [-0.05, 0) is 19.1 Å². The summed E-state index contributed by atoms with van der Waals surface area (Å²) in [5.41, 5.74) is 1.50. The van der Waals surface area contributed by atoms with Gasteiger partial charge in [0.25, 0.3) is 0 Å². The summed E-state index contributed by atoms with van der Waals surface area (Å²) in [6.45, 7) is 4.10. The fraction of sp³-hybridized carbons (Fsp3) is 0.333. The summed E-state index contributed by atoms with van der Waals surface area (Å²) in [6.07, 6.45) is 0. The van der Waals surface area contributed by atoms with Crippen molar-refractivity contribution < 1.29 is 4.74 Å². The summed E-state index contributed by atoms with van der Waals surface area (Å²) in [5, 5.41) is 10.1. The zero-order chi connectivity index (χ0) is 13.7. The second-order valence-electron chi connectivity index (χ2n) is 4.28. The van der Waals surface area contributed by atoms with Crippen LogP contribution in [0, 0.1) is 11.3 Å². The third kappa shape index (κ3) is 3.01. The molecule has 0 radical (unpaired) electrons. The van der Waals surface area contributed by atoms with Crippen LogP contribution in [0.15, 0.2) is 30.3 Å². The summed E-state index contributed by atoms with van der Waals surface area (Å²) in [5.74, 6) is 0.801. The highest BCUT2D eigenvalue weighted by Gasteiger charge is 2.08. The average Bonchev–Trinajstić information content (AvgIpc) is 2.46. The summed E-state index contributed by atoms with van der Waals surface area (Å²) >= 11 is 0. The lowest BCUT2D eigenvalue weighted by Crippen LogP contribution is -2.23. The first-order valence-corrected chi connectivity index (χ1v) is 6.35. The molecule has 19 heavy (non-hydrogen) atoms. The van der Waals surface area contributed by atoms with Crippen LogP contribution in [0.1, 0.15) is 12.5 Å². The van der Waals surface area contributed by atoms with Crippen LogP contribution in [0.2, 0.25) is 0 Å². The molecule has 0 saturated carbocycles. The van der Waals surface area contributed by atoms with Gasteiger partial charge in [-0.2, -0.15) is 5.26 Å². The Morgan fingerprint density at radius 3 is 2.89 bits per heavy atom. The number of aromatic nitrogens is 1. The fourth-order valence-corrected chi connectivity index (χ4v) is 1.91. The van der Waals surface area contributed by atoms with Crippen molar-refractivity contribution >= 4 is 16.7 Å². The van der Waals surface area contributed by atoms with Crippen LogP contribution in [0.5, 0.6) is 0 Å². The summed E-state index contributed by atoms with van der Waals surface area (Å²) in [7, 11) is 1.96. The Bertz CT molecular complexity index is 604. The molecular weight excluding hydrogens is 238 g/mol. The molecule has 0 spiro atoms. The van der Waals surface area contributed by atoms with Crippen LogP contribution < -0.4 is 4.90 Å². The molecule has 2 rings (SSSR count). The van der Waals surface area contributed by atoms with Gasteiger partial charge in [-0.1, -0.05) is 18.2 Å². The molecule has 0 aliphatic rings. The largest absolute Gasteiger partial charge is 0.380 e. The molecule has 0 amide bonds. The molecule has 98 valence electrons. The lowest BCUT2D eigenvalue weighted by molar-refractivity contribution is 0.154.